The van der Waals surface area contributed by atoms with Gasteiger partial charge in [-0.3, -0.25) is 19.2 Å². The van der Waals surface area contributed by atoms with Crippen LogP contribution in [0.2, 0.25) is 0 Å². The molecule has 0 amide bonds. The summed E-state index contributed by atoms with van der Waals surface area (Å²) in [5.74, 6) is -3.99. The Labute approximate surface area is 223 Å². The van der Waals surface area contributed by atoms with Gasteiger partial charge in [-0.1, -0.05) is 27.4 Å². The number of aliphatic hydroxyl groups excluding tert-OH is 2. The van der Waals surface area contributed by atoms with E-state index >= 15 is 0 Å². The van der Waals surface area contributed by atoms with Crippen molar-refractivity contribution >= 4 is 23.9 Å². The average Bonchev–Trinajstić information content (AvgIpc) is 2.95. The first-order valence-corrected chi connectivity index (χ1v) is 13.2. The van der Waals surface area contributed by atoms with Crippen molar-refractivity contribution in [2.45, 2.75) is 104 Å². The van der Waals surface area contributed by atoms with E-state index in [-0.39, 0.29) is 12.3 Å². The second-order valence-corrected chi connectivity index (χ2v) is 12.5. The highest BCUT2D eigenvalue weighted by Crippen LogP contribution is 2.73. The minimum absolute atomic E-state index is 0.0877. The number of esters is 4. The van der Waals surface area contributed by atoms with Gasteiger partial charge < -0.3 is 29.2 Å². The van der Waals surface area contributed by atoms with Gasteiger partial charge in [-0.25, -0.2) is 0 Å². The van der Waals surface area contributed by atoms with Gasteiger partial charge in [0, 0.05) is 56.8 Å². The monoisotopic (exact) mass is 536 g/mol. The lowest BCUT2D eigenvalue weighted by Crippen LogP contribution is -2.77. The van der Waals surface area contributed by atoms with E-state index < -0.39 is 88.6 Å². The summed E-state index contributed by atoms with van der Waals surface area (Å²) in [4.78, 5) is 49.8. The maximum atomic E-state index is 12.5. The first-order valence-electron chi connectivity index (χ1n) is 13.2. The molecular weight excluding hydrogens is 496 g/mol. The van der Waals surface area contributed by atoms with Crippen molar-refractivity contribution in [3.8, 4) is 0 Å². The van der Waals surface area contributed by atoms with Gasteiger partial charge in [0.15, 0.2) is 0 Å². The third-order valence-electron chi connectivity index (χ3n) is 9.96. The molecule has 0 aromatic carbocycles. The van der Waals surface area contributed by atoms with Crippen LogP contribution in [0.4, 0.5) is 0 Å². The number of aliphatic hydroxyl groups is 2. The van der Waals surface area contributed by atoms with E-state index in [1.54, 1.807) is 0 Å². The minimum atomic E-state index is -1.26. The molecule has 0 aromatic heterocycles. The molecule has 0 aromatic rings. The molecule has 4 aliphatic carbocycles. The highest BCUT2D eigenvalue weighted by Gasteiger charge is 2.80. The van der Waals surface area contributed by atoms with Crippen LogP contribution in [-0.4, -0.2) is 70.7 Å². The second kappa shape index (κ2) is 9.33. The highest BCUT2D eigenvalue weighted by molar-refractivity contribution is 5.68. The third-order valence-corrected chi connectivity index (χ3v) is 9.96. The van der Waals surface area contributed by atoms with Crippen LogP contribution in [0, 0.1) is 34.0 Å². The number of carbonyl (C=O) groups is 4. The topological polar surface area (TPSA) is 146 Å². The highest BCUT2D eigenvalue weighted by atomic mass is 16.6. The predicted molar refractivity (Wildman–Crippen MR) is 132 cm³/mol. The Kier molecular flexibility index (Phi) is 7.01. The fraction of sp³-hybridized carbons (Fsp3) is 0.786. The number of hydrogen-bond acceptors (Lipinski definition) is 10. The Bertz CT molecular complexity index is 1050. The molecule has 1 spiro atoms. The lowest BCUT2D eigenvalue weighted by molar-refractivity contribution is -0.325. The Hall–Kier alpha value is -2.46. The molecule has 11 atom stereocenters. The number of fused-ring (bicyclic) bond motifs is 3. The lowest BCUT2D eigenvalue weighted by atomic mass is 9.37. The van der Waals surface area contributed by atoms with Crippen LogP contribution >= 0.6 is 0 Å². The zero-order valence-corrected chi connectivity index (χ0v) is 23.2. The lowest BCUT2D eigenvalue weighted by Gasteiger charge is -2.70. The van der Waals surface area contributed by atoms with Crippen LogP contribution in [0.1, 0.15) is 67.7 Å². The molecule has 2 N–H and O–H groups in total. The molecule has 2 bridgehead atoms. The van der Waals surface area contributed by atoms with Crippen molar-refractivity contribution in [3.05, 3.63) is 12.2 Å². The van der Waals surface area contributed by atoms with E-state index in [0.717, 1.165) is 0 Å². The summed E-state index contributed by atoms with van der Waals surface area (Å²) in [7, 11) is 0. The Morgan fingerprint density at radius 2 is 1.37 bits per heavy atom. The van der Waals surface area contributed by atoms with E-state index in [4.69, 9.17) is 18.9 Å². The smallest absolute Gasteiger partial charge is 0.303 e. The van der Waals surface area contributed by atoms with Gasteiger partial charge in [0.2, 0.25) is 0 Å². The molecule has 4 saturated carbocycles. The Balaban J connectivity index is 2.08. The second-order valence-electron chi connectivity index (χ2n) is 12.5. The Morgan fingerprint density at radius 3 is 1.89 bits per heavy atom. The normalized spacial score (nSPS) is 44.8. The van der Waals surface area contributed by atoms with Crippen LogP contribution in [-0.2, 0) is 38.1 Å². The average molecular weight is 537 g/mol. The number of rotatable bonds is 4. The summed E-state index contributed by atoms with van der Waals surface area (Å²) >= 11 is 0. The molecule has 0 heterocycles. The fourth-order valence-electron chi connectivity index (χ4n) is 8.96. The van der Waals surface area contributed by atoms with Gasteiger partial charge in [-0.2, -0.15) is 0 Å². The minimum Gasteiger partial charge on any atom is -0.462 e. The van der Waals surface area contributed by atoms with Gasteiger partial charge in [0.05, 0.1) is 12.2 Å². The Morgan fingerprint density at radius 1 is 0.816 bits per heavy atom. The molecule has 0 unspecified atom stereocenters. The van der Waals surface area contributed by atoms with Crippen molar-refractivity contribution in [1.82, 2.24) is 0 Å². The zero-order valence-electron chi connectivity index (χ0n) is 23.2. The molecule has 212 valence electrons. The van der Waals surface area contributed by atoms with Gasteiger partial charge in [-0.05, 0) is 29.7 Å². The van der Waals surface area contributed by atoms with Crippen LogP contribution in [0.25, 0.3) is 0 Å². The first-order chi connectivity index (χ1) is 17.5. The predicted octanol–water partition coefficient (Wildman–Crippen LogP) is 2.08. The van der Waals surface area contributed by atoms with Crippen molar-refractivity contribution in [2.24, 2.45) is 34.0 Å². The molecule has 10 nitrogen and oxygen atoms in total. The molecule has 0 saturated heterocycles. The van der Waals surface area contributed by atoms with Gasteiger partial charge in [0.1, 0.15) is 24.4 Å². The molecule has 10 heteroatoms. The fourth-order valence-corrected chi connectivity index (χ4v) is 8.96. The largest absolute Gasteiger partial charge is 0.462 e. The summed E-state index contributed by atoms with van der Waals surface area (Å²) in [6.45, 7) is 14.8. The van der Waals surface area contributed by atoms with E-state index in [9.17, 15) is 29.4 Å². The van der Waals surface area contributed by atoms with Gasteiger partial charge >= 0.3 is 23.9 Å². The zero-order chi connectivity index (χ0) is 28.5. The van der Waals surface area contributed by atoms with Crippen LogP contribution in [0.15, 0.2) is 12.2 Å². The van der Waals surface area contributed by atoms with E-state index in [1.165, 1.54) is 27.7 Å². The van der Waals surface area contributed by atoms with Gasteiger partial charge in [0.25, 0.3) is 0 Å². The molecule has 4 rings (SSSR count). The van der Waals surface area contributed by atoms with Crippen molar-refractivity contribution < 1.29 is 48.3 Å². The van der Waals surface area contributed by atoms with Gasteiger partial charge in [-0.15, -0.1) is 0 Å². The quantitative estimate of drug-likeness (QED) is 0.311. The molecule has 4 fully saturated rings. The van der Waals surface area contributed by atoms with E-state index in [0.29, 0.717) is 18.4 Å². The summed E-state index contributed by atoms with van der Waals surface area (Å²) in [5, 5.41) is 23.2. The van der Waals surface area contributed by atoms with Crippen molar-refractivity contribution in [1.29, 1.82) is 0 Å². The molecule has 0 radical (unpaired) electrons. The molecule has 4 aliphatic rings. The molecule has 38 heavy (non-hydrogen) atoms. The van der Waals surface area contributed by atoms with E-state index in [2.05, 4.69) is 6.58 Å². The maximum absolute atomic E-state index is 12.5. The van der Waals surface area contributed by atoms with E-state index in [1.807, 2.05) is 20.8 Å². The summed E-state index contributed by atoms with van der Waals surface area (Å²) in [5.41, 5.74) is -2.73. The first kappa shape index (κ1) is 28.5. The summed E-state index contributed by atoms with van der Waals surface area (Å²) in [6, 6.07) is 0. The van der Waals surface area contributed by atoms with Crippen LogP contribution in [0.5, 0.6) is 0 Å². The number of ether oxygens (including phenoxy) is 4. The maximum Gasteiger partial charge on any atom is 0.303 e. The molecular formula is C28H40O10. The SMILES string of the molecule is C=C1[C@@H]2C[C@H](OC(C)=O)[C@H]3[C@]4(C)[C@@H](OC(C)=O)C[C@H](O)C(C)(C)[C@H]4[C@@H](OC(C)=O)[C@H](OC(C)=O)[C@]3(C2)[C@@H]1O. The van der Waals surface area contributed by atoms with Crippen LogP contribution in [0.3, 0.4) is 0 Å². The molecule has 0 aliphatic heterocycles. The third kappa shape index (κ3) is 3.97. The standard InChI is InChI=1S/C28H40O10/c1-12-17-9-18(35-13(2)29)22-27(8)20(36-14(3)30)10-19(33)26(6,7)23(27)21(37-15(4)31)25(38-16(5)32)28(22,11-17)24(12)34/h17-25,33-34H,1,9-11H2,2-8H3/t17-,18+,19+,20+,21-,22+,23-,24-,25+,27+,28+/m1/s1. The van der Waals surface area contributed by atoms with Crippen molar-refractivity contribution in [3.63, 3.8) is 0 Å². The summed E-state index contributed by atoms with van der Waals surface area (Å²) in [6.07, 6.45) is -5.18. The summed E-state index contributed by atoms with van der Waals surface area (Å²) < 4.78 is 23.7. The number of carbonyl (C=O) groups excluding carboxylic acids is 4. The van der Waals surface area contributed by atoms with Crippen molar-refractivity contribution in [2.75, 3.05) is 0 Å². The van der Waals surface area contributed by atoms with Crippen LogP contribution < -0.4 is 0 Å². The number of hydrogen-bond donors (Lipinski definition) is 2.